The Morgan fingerprint density at radius 2 is 2.05 bits per heavy atom. The predicted molar refractivity (Wildman–Crippen MR) is 91.1 cm³/mol. The van der Waals surface area contributed by atoms with Gasteiger partial charge < -0.3 is 14.0 Å². The van der Waals surface area contributed by atoms with E-state index in [1.807, 2.05) is 30.5 Å². The molecule has 0 N–H and O–H groups in total. The van der Waals surface area contributed by atoms with E-state index in [0.29, 0.717) is 6.54 Å². The Bertz CT molecular complexity index is 783. The van der Waals surface area contributed by atoms with Crippen LogP contribution in [0.15, 0.2) is 42.7 Å². The lowest BCUT2D eigenvalue weighted by molar-refractivity contribution is 0.390. The molecule has 0 amide bonds. The highest BCUT2D eigenvalue weighted by Crippen LogP contribution is 2.27. The highest BCUT2D eigenvalue weighted by atomic mass is 127. The quantitative estimate of drug-likeness (QED) is 0.634. The van der Waals surface area contributed by atoms with Crippen LogP contribution in [0.3, 0.4) is 0 Å². The highest BCUT2D eigenvalue weighted by Gasteiger charge is 2.10. The van der Waals surface area contributed by atoms with Crippen LogP contribution in [-0.2, 0) is 6.54 Å². The summed E-state index contributed by atoms with van der Waals surface area (Å²) >= 11 is 2.34. The fourth-order valence-corrected chi connectivity index (χ4v) is 3.12. The van der Waals surface area contributed by atoms with Gasteiger partial charge in [0.2, 0.25) is 0 Å². The SMILES string of the molecule is COc1ccc(Cn2cc(I)c3cccnc32)c(OC)c1. The summed E-state index contributed by atoms with van der Waals surface area (Å²) in [5, 5.41) is 1.17. The molecule has 4 nitrogen and oxygen atoms in total. The first kappa shape index (κ1) is 14.2. The third kappa shape index (κ3) is 2.70. The summed E-state index contributed by atoms with van der Waals surface area (Å²) in [6.45, 7) is 0.712. The Morgan fingerprint density at radius 1 is 1.19 bits per heavy atom. The van der Waals surface area contributed by atoms with Crippen molar-refractivity contribution in [1.82, 2.24) is 9.55 Å². The zero-order valence-corrected chi connectivity index (χ0v) is 14.0. The summed E-state index contributed by atoms with van der Waals surface area (Å²) in [7, 11) is 3.33. The van der Waals surface area contributed by atoms with Crippen molar-refractivity contribution in [3.8, 4) is 11.5 Å². The maximum Gasteiger partial charge on any atom is 0.141 e. The Hall–Kier alpha value is -1.76. The Labute approximate surface area is 136 Å². The van der Waals surface area contributed by atoms with Crippen LogP contribution in [0.5, 0.6) is 11.5 Å². The second-order valence-corrected chi connectivity index (χ2v) is 5.82. The molecule has 0 fully saturated rings. The molecule has 108 valence electrons. The average molecular weight is 394 g/mol. The molecule has 3 rings (SSSR count). The van der Waals surface area contributed by atoms with Gasteiger partial charge in [0.1, 0.15) is 17.1 Å². The van der Waals surface area contributed by atoms with Gasteiger partial charge in [0.15, 0.2) is 0 Å². The standard InChI is InChI=1S/C16H15IN2O2/c1-20-12-6-5-11(15(8-12)21-2)9-19-10-14(17)13-4-3-7-18-16(13)19/h3-8,10H,9H2,1-2H3. The molecular formula is C16H15IN2O2. The Morgan fingerprint density at radius 3 is 2.81 bits per heavy atom. The molecule has 3 aromatic rings. The topological polar surface area (TPSA) is 36.3 Å². The maximum atomic E-state index is 5.46. The van der Waals surface area contributed by atoms with Crippen LogP contribution in [0.2, 0.25) is 0 Å². The fourth-order valence-electron chi connectivity index (χ4n) is 2.37. The van der Waals surface area contributed by atoms with Gasteiger partial charge in [-0.1, -0.05) is 0 Å². The number of hydrogen-bond acceptors (Lipinski definition) is 3. The van der Waals surface area contributed by atoms with E-state index in [0.717, 1.165) is 22.7 Å². The molecule has 1 aromatic carbocycles. The van der Waals surface area contributed by atoms with Crippen LogP contribution in [0.1, 0.15) is 5.56 Å². The minimum Gasteiger partial charge on any atom is -0.497 e. The monoisotopic (exact) mass is 394 g/mol. The third-order valence-corrected chi connectivity index (χ3v) is 4.28. The summed E-state index contributed by atoms with van der Waals surface area (Å²) < 4.78 is 14.0. The van der Waals surface area contributed by atoms with Gasteiger partial charge in [0, 0.05) is 33.0 Å². The minimum absolute atomic E-state index is 0.712. The second-order valence-electron chi connectivity index (χ2n) is 4.66. The first-order chi connectivity index (χ1) is 10.2. The number of methoxy groups -OCH3 is 2. The molecule has 0 saturated heterocycles. The van der Waals surface area contributed by atoms with Crippen LogP contribution in [0, 0.1) is 3.57 Å². The largest absolute Gasteiger partial charge is 0.497 e. The molecule has 0 aliphatic carbocycles. The van der Waals surface area contributed by atoms with E-state index in [1.165, 1.54) is 8.96 Å². The van der Waals surface area contributed by atoms with Crippen LogP contribution in [0.4, 0.5) is 0 Å². The molecule has 0 bridgehead atoms. The lowest BCUT2D eigenvalue weighted by atomic mass is 10.2. The van der Waals surface area contributed by atoms with Crippen molar-refractivity contribution in [2.24, 2.45) is 0 Å². The zero-order valence-electron chi connectivity index (χ0n) is 11.8. The van der Waals surface area contributed by atoms with Crippen molar-refractivity contribution in [3.63, 3.8) is 0 Å². The summed E-state index contributed by atoms with van der Waals surface area (Å²) in [4.78, 5) is 4.48. The van der Waals surface area contributed by atoms with Crippen molar-refractivity contribution >= 4 is 33.6 Å². The van der Waals surface area contributed by atoms with Crippen LogP contribution in [-0.4, -0.2) is 23.8 Å². The fraction of sp³-hybridized carbons (Fsp3) is 0.188. The number of hydrogen-bond donors (Lipinski definition) is 0. The zero-order chi connectivity index (χ0) is 14.8. The summed E-state index contributed by atoms with van der Waals surface area (Å²) in [5.74, 6) is 1.61. The molecule has 2 aromatic heterocycles. The van der Waals surface area contributed by atoms with Gasteiger partial charge in [-0.25, -0.2) is 4.98 Å². The number of rotatable bonds is 4. The van der Waals surface area contributed by atoms with Gasteiger partial charge in [-0.2, -0.15) is 0 Å². The smallest absolute Gasteiger partial charge is 0.141 e. The molecule has 2 heterocycles. The van der Waals surface area contributed by atoms with Crippen molar-refractivity contribution < 1.29 is 9.47 Å². The number of aromatic nitrogens is 2. The first-order valence-electron chi connectivity index (χ1n) is 6.53. The predicted octanol–water partition coefficient (Wildman–Crippen LogP) is 3.71. The molecule has 21 heavy (non-hydrogen) atoms. The van der Waals surface area contributed by atoms with E-state index in [2.05, 4.69) is 44.4 Å². The number of fused-ring (bicyclic) bond motifs is 1. The van der Waals surface area contributed by atoms with Crippen molar-refractivity contribution in [1.29, 1.82) is 0 Å². The van der Waals surface area contributed by atoms with E-state index in [4.69, 9.17) is 9.47 Å². The summed E-state index contributed by atoms with van der Waals surface area (Å²) in [5.41, 5.74) is 2.08. The molecule has 5 heteroatoms. The molecule has 0 radical (unpaired) electrons. The van der Waals surface area contributed by atoms with E-state index in [-0.39, 0.29) is 0 Å². The minimum atomic E-state index is 0.712. The lowest BCUT2D eigenvalue weighted by Crippen LogP contribution is -2.01. The molecule has 0 aliphatic rings. The lowest BCUT2D eigenvalue weighted by Gasteiger charge is -2.11. The number of pyridine rings is 1. The van der Waals surface area contributed by atoms with E-state index in [9.17, 15) is 0 Å². The van der Waals surface area contributed by atoms with Crippen molar-refractivity contribution in [3.05, 3.63) is 51.9 Å². The number of nitrogens with zero attached hydrogens (tertiary/aromatic N) is 2. The average Bonchev–Trinajstić information content (AvgIpc) is 2.84. The molecular weight excluding hydrogens is 379 g/mol. The first-order valence-corrected chi connectivity index (χ1v) is 7.61. The number of benzene rings is 1. The number of ether oxygens (including phenoxy) is 2. The van der Waals surface area contributed by atoms with E-state index < -0.39 is 0 Å². The molecule has 0 aliphatic heterocycles. The summed E-state index contributed by atoms with van der Waals surface area (Å²) in [6.07, 6.45) is 3.93. The van der Waals surface area contributed by atoms with Gasteiger partial charge in [0.05, 0.1) is 20.8 Å². The molecule has 0 atom stereocenters. The van der Waals surface area contributed by atoms with Crippen LogP contribution < -0.4 is 9.47 Å². The Balaban J connectivity index is 2.02. The van der Waals surface area contributed by atoms with Gasteiger partial charge >= 0.3 is 0 Å². The number of halogens is 1. The highest BCUT2D eigenvalue weighted by molar-refractivity contribution is 14.1. The van der Waals surface area contributed by atoms with Crippen LogP contribution in [0.25, 0.3) is 11.0 Å². The van der Waals surface area contributed by atoms with Crippen molar-refractivity contribution in [2.45, 2.75) is 6.54 Å². The molecule has 0 unspecified atom stereocenters. The second kappa shape index (κ2) is 5.93. The molecule has 0 spiro atoms. The van der Waals surface area contributed by atoms with Crippen LogP contribution >= 0.6 is 22.6 Å². The van der Waals surface area contributed by atoms with Gasteiger partial charge in [0.25, 0.3) is 0 Å². The van der Waals surface area contributed by atoms with Gasteiger partial charge in [-0.15, -0.1) is 0 Å². The third-order valence-electron chi connectivity index (χ3n) is 3.42. The van der Waals surface area contributed by atoms with E-state index in [1.54, 1.807) is 14.2 Å². The van der Waals surface area contributed by atoms with E-state index >= 15 is 0 Å². The van der Waals surface area contributed by atoms with Crippen molar-refractivity contribution in [2.75, 3.05) is 14.2 Å². The Kier molecular flexibility index (Phi) is 4.01. The van der Waals surface area contributed by atoms with Gasteiger partial charge in [-0.3, -0.25) is 0 Å². The normalized spacial score (nSPS) is 10.8. The maximum absolute atomic E-state index is 5.46. The summed E-state index contributed by atoms with van der Waals surface area (Å²) in [6, 6.07) is 9.93. The molecule has 0 saturated carbocycles. The van der Waals surface area contributed by atoms with Gasteiger partial charge in [-0.05, 0) is 46.9 Å².